The summed E-state index contributed by atoms with van der Waals surface area (Å²) in [5.41, 5.74) is 2.16. The lowest BCUT2D eigenvalue weighted by molar-refractivity contribution is -0.149. The Morgan fingerprint density at radius 2 is 2.33 bits per heavy atom. The number of carbonyl (C=O) groups excluding carboxylic acids is 2. The van der Waals surface area contributed by atoms with Crippen LogP contribution in [0.1, 0.15) is 26.7 Å². The van der Waals surface area contributed by atoms with Crippen LogP contribution in [0.4, 0.5) is 0 Å². The first-order chi connectivity index (χ1) is 8.47. The largest absolute Gasteiger partial charge is 0.461 e. The van der Waals surface area contributed by atoms with Crippen LogP contribution in [0.25, 0.3) is 0 Å². The normalized spacial score (nSPS) is 40.8. The quantitative estimate of drug-likeness (QED) is 0.424. The van der Waals surface area contributed by atoms with Crippen molar-refractivity contribution in [2.45, 2.75) is 38.9 Å². The van der Waals surface area contributed by atoms with E-state index >= 15 is 0 Å². The van der Waals surface area contributed by atoms with Gasteiger partial charge in [-0.2, -0.15) is 0 Å². The maximum Gasteiger partial charge on any atom is 0.330 e. The lowest BCUT2D eigenvalue weighted by Gasteiger charge is -2.35. The highest BCUT2D eigenvalue weighted by molar-refractivity contribution is 5.82. The second-order valence-corrected chi connectivity index (χ2v) is 5.55. The summed E-state index contributed by atoms with van der Waals surface area (Å²) >= 11 is 0. The molecule has 4 heteroatoms. The molecule has 0 radical (unpaired) electrons. The molecule has 96 valence electrons. The van der Waals surface area contributed by atoms with Crippen LogP contribution in [-0.4, -0.2) is 24.1 Å². The van der Waals surface area contributed by atoms with Crippen LogP contribution in [0.3, 0.4) is 0 Å². The first kappa shape index (κ1) is 11.5. The molecule has 3 aliphatic rings. The van der Waals surface area contributed by atoms with Gasteiger partial charge in [-0.1, -0.05) is 19.1 Å². The molecule has 2 aliphatic carbocycles. The Labute approximate surface area is 106 Å². The Hall–Kier alpha value is -1.58. The van der Waals surface area contributed by atoms with E-state index in [1.54, 1.807) is 0 Å². The average molecular weight is 248 g/mol. The van der Waals surface area contributed by atoms with Crippen molar-refractivity contribution in [1.29, 1.82) is 0 Å². The Morgan fingerprint density at radius 3 is 3.00 bits per heavy atom. The van der Waals surface area contributed by atoms with Crippen molar-refractivity contribution >= 4 is 11.9 Å². The molecule has 1 saturated heterocycles. The van der Waals surface area contributed by atoms with Crippen LogP contribution in [-0.2, 0) is 19.1 Å². The number of hydrogen-bond acceptors (Lipinski definition) is 4. The molecule has 1 heterocycles. The number of fused-ring (bicyclic) bond motifs is 4. The summed E-state index contributed by atoms with van der Waals surface area (Å²) < 4.78 is 10.8. The van der Waals surface area contributed by atoms with Crippen molar-refractivity contribution in [2.75, 3.05) is 0 Å². The second kappa shape index (κ2) is 3.46. The van der Waals surface area contributed by atoms with E-state index in [1.165, 1.54) is 11.6 Å². The molecule has 0 aromatic carbocycles. The fourth-order valence-corrected chi connectivity index (χ4v) is 3.76. The first-order valence-electron chi connectivity index (χ1n) is 6.21. The summed E-state index contributed by atoms with van der Waals surface area (Å²) in [6.07, 6.45) is 2.03. The maximum absolute atomic E-state index is 11.4. The Balaban J connectivity index is 1.92. The van der Waals surface area contributed by atoms with Gasteiger partial charge in [0.2, 0.25) is 0 Å². The summed E-state index contributed by atoms with van der Waals surface area (Å²) in [5, 5.41) is 0. The Morgan fingerprint density at radius 1 is 1.61 bits per heavy atom. The molecule has 4 atom stereocenters. The minimum Gasteiger partial charge on any atom is -0.461 e. The van der Waals surface area contributed by atoms with E-state index in [2.05, 4.69) is 20.4 Å². The van der Waals surface area contributed by atoms with Crippen molar-refractivity contribution in [1.82, 2.24) is 0 Å². The van der Waals surface area contributed by atoms with Crippen LogP contribution in [0.15, 0.2) is 23.8 Å². The number of esters is 2. The SMILES string of the molecule is C=CC(=O)OC1CC2(C)C(C)=C1C1CC(=O)OC12. The molecule has 1 fully saturated rings. The summed E-state index contributed by atoms with van der Waals surface area (Å²) in [6, 6.07) is 0. The number of hydrogen-bond donors (Lipinski definition) is 0. The van der Waals surface area contributed by atoms with Crippen molar-refractivity contribution in [3.63, 3.8) is 0 Å². The van der Waals surface area contributed by atoms with Gasteiger partial charge in [-0.15, -0.1) is 0 Å². The van der Waals surface area contributed by atoms with Gasteiger partial charge in [0.05, 0.1) is 6.42 Å². The summed E-state index contributed by atoms with van der Waals surface area (Å²) in [6.45, 7) is 7.56. The third-order valence-corrected chi connectivity index (χ3v) is 4.71. The van der Waals surface area contributed by atoms with Gasteiger partial charge in [0.25, 0.3) is 0 Å². The standard InChI is InChI=1S/C14H16O4/c1-4-10(15)17-9-6-14(3)7(2)12(9)8-5-11(16)18-13(8)14/h4,8-9,13H,1,5-6H2,2-3H3. The summed E-state index contributed by atoms with van der Waals surface area (Å²) in [7, 11) is 0. The minimum absolute atomic E-state index is 0.0568. The van der Waals surface area contributed by atoms with E-state index in [1.807, 2.05) is 0 Å². The van der Waals surface area contributed by atoms with Gasteiger partial charge in [0, 0.05) is 23.8 Å². The molecule has 0 amide bonds. The van der Waals surface area contributed by atoms with E-state index < -0.39 is 5.97 Å². The number of carbonyl (C=O) groups is 2. The predicted molar refractivity (Wildman–Crippen MR) is 63.5 cm³/mol. The van der Waals surface area contributed by atoms with Gasteiger partial charge >= 0.3 is 11.9 Å². The molecule has 0 aromatic rings. The third-order valence-electron chi connectivity index (χ3n) is 4.71. The van der Waals surface area contributed by atoms with Crippen molar-refractivity contribution < 1.29 is 19.1 Å². The van der Waals surface area contributed by atoms with Gasteiger partial charge in [-0.3, -0.25) is 4.79 Å². The molecule has 0 saturated carbocycles. The van der Waals surface area contributed by atoms with E-state index in [0.29, 0.717) is 12.8 Å². The van der Waals surface area contributed by atoms with Gasteiger partial charge in [-0.05, 0) is 12.5 Å². The Kier molecular flexibility index (Phi) is 2.22. The van der Waals surface area contributed by atoms with Crippen molar-refractivity contribution in [3.8, 4) is 0 Å². The van der Waals surface area contributed by atoms with E-state index in [0.717, 1.165) is 5.57 Å². The maximum atomic E-state index is 11.4. The lowest BCUT2D eigenvalue weighted by Crippen LogP contribution is -2.39. The zero-order valence-electron chi connectivity index (χ0n) is 10.6. The molecule has 1 aliphatic heterocycles. The van der Waals surface area contributed by atoms with E-state index in [-0.39, 0.29) is 29.5 Å². The van der Waals surface area contributed by atoms with Crippen LogP contribution < -0.4 is 0 Å². The number of ether oxygens (including phenoxy) is 2. The van der Waals surface area contributed by atoms with Crippen LogP contribution in [0.5, 0.6) is 0 Å². The van der Waals surface area contributed by atoms with Crippen molar-refractivity contribution in [3.05, 3.63) is 23.8 Å². The molecule has 4 unspecified atom stereocenters. The van der Waals surface area contributed by atoms with E-state index in [9.17, 15) is 9.59 Å². The molecule has 0 N–H and O–H groups in total. The third kappa shape index (κ3) is 1.26. The Bertz CT molecular complexity index is 490. The molecule has 4 nitrogen and oxygen atoms in total. The monoisotopic (exact) mass is 248 g/mol. The van der Waals surface area contributed by atoms with Gasteiger partial charge < -0.3 is 9.47 Å². The second-order valence-electron chi connectivity index (χ2n) is 5.55. The zero-order valence-corrected chi connectivity index (χ0v) is 10.6. The molecular formula is C14H16O4. The molecule has 0 spiro atoms. The molecule has 0 aromatic heterocycles. The number of rotatable bonds is 2. The highest BCUT2D eigenvalue weighted by atomic mass is 16.6. The van der Waals surface area contributed by atoms with Gasteiger partial charge in [-0.25, -0.2) is 4.79 Å². The molecule has 2 bridgehead atoms. The van der Waals surface area contributed by atoms with Crippen molar-refractivity contribution in [2.24, 2.45) is 11.3 Å². The zero-order chi connectivity index (χ0) is 13.1. The topological polar surface area (TPSA) is 52.6 Å². The summed E-state index contributed by atoms with van der Waals surface area (Å²) in [5.74, 6) is -0.450. The fraction of sp³-hybridized carbons (Fsp3) is 0.571. The molecule has 18 heavy (non-hydrogen) atoms. The van der Waals surface area contributed by atoms with Crippen LogP contribution in [0.2, 0.25) is 0 Å². The van der Waals surface area contributed by atoms with Gasteiger partial charge in [0.15, 0.2) is 0 Å². The summed E-state index contributed by atoms with van der Waals surface area (Å²) in [4.78, 5) is 22.8. The van der Waals surface area contributed by atoms with Gasteiger partial charge in [0.1, 0.15) is 12.2 Å². The average Bonchev–Trinajstić information content (AvgIpc) is 2.86. The lowest BCUT2D eigenvalue weighted by atomic mass is 9.74. The molecular weight excluding hydrogens is 232 g/mol. The predicted octanol–water partition coefficient (Wildman–Crippen LogP) is 1.76. The molecule has 3 rings (SSSR count). The van der Waals surface area contributed by atoms with Crippen LogP contribution >= 0.6 is 0 Å². The smallest absolute Gasteiger partial charge is 0.330 e. The minimum atomic E-state index is -0.404. The van der Waals surface area contributed by atoms with Crippen LogP contribution in [0, 0.1) is 11.3 Å². The highest BCUT2D eigenvalue weighted by Gasteiger charge is 2.62. The fourth-order valence-electron chi connectivity index (χ4n) is 3.76. The highest BCUT2D eigenvalue weighted by Crippen LogP contribution is 2.61. The van der Waals surface area contributed by atoms with E-state index in [4.69, 9.17) is 9.47 Å². The first-order valence-corrected chi connectivity index (χ1v) is 6.21.